The lowest BCUT2D eigenvalue weighted by molar-refractivity contribution is -0.125. The molecule has 0 aromatic carbocycles. The minimum absolute atomic E-state index is 0.0174. The molecule has 3 atom stereocenters. The lowest BCUT2D eigenvalue weighted by Crippen LogP contribution is -2.43. The van der Waals surface area contributed by atoms with Crippen molar-refractivity contribution in [3.63, 3.8) is 0 Å². The van der Waals surface area contributed by atoms with E-state index in [4.69, 9.17) is 16.3 Å². The molecule has 1 aliphatic heterocycles. The number of ether oxygens (including phenoxy) is 1. The second kappa shape index (κ2) is 5.92. The van der Waals surface area contributed by atoms with Gasteiger partial charge in [0, 0.05) is 6.61 Å². The Kier molecular flexibility index (Phi) is 4.47. The third kappa shape index (κ3) is 3.09. The van der Waals surface area contributed by atoms with E-state index >= 15 is 0 Å². The number of nitrogens with one attached hydrogen (secondary N) is 1. The van der Waals surface area contributed by atoms with Gasteiger partial charge in [0.05, 0.1) is 29.1 Å². The average Bonchev–Trinajstić information content (AvgIpc) is 3.00. The van der Waals surface area contributed by atoms with Gasteiger partial charge >= 0.3 is 0 Å². The van der Waals surface area contributed by atoms with Gasteiger partial charge < -0.3 is 10.1 Å². The van der Waals surface area contributed by atoms with Gasteiger partial charge in [0.2, 0.25) is 5.91 Å². The van der Waals surface area contributed by atoms with Crippen molar-refractivity contribution in [2.45, 2.75) is 51.8 Å². The van der Waals surface area contributed by atoms with E-state index < -0.39 is 0 Å². The minimum atomic E-state index is -0.378. The summed E-state index contributed by atoms with van der Waals surface area (Å²) in [6.45, 7) is 6.42. The Labute approximate surface area is 118 Å². The summed E-state index contributed by atoms with van der Waals surface area (Å²) in [7, 11) is 0. The molecule has 5 nitrogen and oxygen atoms in total. The van der Waals surface area contributed by atoms with Crippen LogP contribution in [0.3, 0.4) is 0 Å². The quantitative estimate of drug-likeness (QED) is 0.922. The van der Waals surface area contributed by atoms with Gasteiger partial charge in [-0.2, -0.15) is 5.10 Å². The van der Waals surface area contributed by atoms with Gasteiger partial charge in [0.25, 0.3) is 0 Å². The second-order valence-corrected chi connectivity index (χ2v) is 5.45. The SMILES string of the molecule is Cc1c(Cl)cnn1[C@@H](C)C(=O)N[C@H](C)[C@@H]1CCCO1. The molecule has 1 saturated heterocycles. The van der Waals surface area contributed by atoms with Gasteiger partial charge in [-0.25, -0.2) is 0 Å². The molecule has 6 heteroatoms. The Morgan fingerprint density at radius 3 is 2.89 bits per heavy atom. The van der Waals surface area contributed by atoms with Crippen molar-refractivity contribution in [1.29, 1.82) is 0 Å². The zero-order chi connectivity index (χ0) is 14.0. The number of amides is 1. The first-order valence-corrected chi connectivity index (χ1v) is 7.00. The van der Waals surface area contributed by atoms with Crippen LogP contribution < -0.4 is 5.32 Å². The zero-order valence-electron chi connectivity index (χ0n) is 11.5. The maximum Gasteiger partial charge on any atom is 0.244 e. The lowest BCUT2D eigenvalue weighted by atomic mass is 10.1. The standard InChI is InChI=1S/C13H20ClN3O2/c1-8(12-5-4-6-19-12)16-13(18)10(3)17-9(2)11(14)7-15-17/h7-8,10,12H,4-6H2,1-3H3,(H,16,18)/t8-,10+,12+/m1/s1. The number of rotatable bonds is 4. The molecule has 0 bridgehead atoms. The van der Waals surface area contributed by atoms with E-state index in [-0.39, 0.29) is 24.1 Å². The molecule has 0 spiro atoms. The molecule has 1 N–H and O–H groups in total. The molecule has 1 amide bonds. The van der Waals surface area contributed by atoms with Gasteiger partial charge in [-0.05, 0) is 33.6 Å². The van der Waals surface area contributed by atoms with Gasteiger partial charge in [-0.1, -0.05) is 11.6 Å². The van der Waals surface area contributed by atoms with Crippen LogP contribution in [0.5, 0.6) is 0 Å². The third-order valence-electron chi connectivity index (χ3n) is 3.62. The fraction of sp³-hybridized carbons (Fsp3) is 0.692. The highest BCUT2D eigenvalue weighted by atomic mass is 35.5. The van der Waals surface area contributed by atoms with Crippen LogP contribution in [0.1, 0.15) is 38.4 Å². The van der Waals surface area contributed by atoms with Crippen LogP contribution in [0.4, 0.5) is 0 Å². The highest BCUT2D eigenvalue weighted by Gasteiger charge is 2.26. The van der Waals surface area contributed by atoms with Crippen LogP contribution in [0.2, 0.25) is 5.02 Å². The predicted octanol–water partition coefficient (Wildman–Crippen LogP) is 2.09. The van der Waals surface area contributed by atoms with Crippen molar-refractivity contribution in [1.82, 2.24) is 15.1 Å². The molecular formula is C13H20ClN3O2. The van der Waals surface area contributed by atoms with Crippen molar-refractivity contribution < 1.29 is 9.53 Å². The first kappa shape index (κ1) is 14.3. The molecule has 106 valence electrons. The molecule has 2 heterocycles. The second-order valence-electron chi connectivity index (χ2n) is 5.05. The first-order chi connectivity index (χ1) is 9.00. The summed E-state index contributed by atoms with van der Waals surface area (Å²) < 4.78 is 7.21. The highest BCUT2D eigenvalue weighted by molar-refractivity contribution is 6.31. The molecule has 19 heavy (non-hydrogen) atoms. The summed E-state index contributed by atoms with van der Waals surface area (Å²) in [4.78, 5) is 12.2. The molecule has 1 aliphatic rings. The molecule has 1 aromatic rings. The summed E-state index contributed by atoms with van der Waals surface area (Å²) in [5.74, 6) is -0.0640. The van der Waals surface area contributed by atoms with Crippen LogP contribution in [0.15, 0.2) is 6.20 Å². The van der Waals surface area contributed by atoms with Crippen molar-refractivity contribution in [3.8, 4) is 0 Å². The molecule has 0 unspecified atom stereocenters. The summed E-state index contributed by atoms with van der Waals surface area (Å²) >= 11 is 5.95. The number of carbonyl (C=O) groups excluding carboxylic acids is 1. The number of carbonyl (C=O) groups is 1. The maximum absolute atomic E-state index is 12.2. The Morgan fingerprint density at radius 2 is 2.37 bits per heavy atom. The third-order valence-corrected chi connectivity index (χ3v) is 3.99. The lowest BCUT2D eigenvalue weighted by Gasteiger charge is -2.22. The fourth-order valence-corrected chi connectivity index (χ4v) is 2.47. The van der Waals surface area contributed by atoms with Crippen molar-refractivity contribution in [3.05, 3.63) is 16.9 Å². The van der Waals surface area contributed by atoms with Crippen molar-refractivity contribution >= 4 is 17.5 Å². The number of halogens is 1. The molecule has 2 rings (SSSR count). The summed E-state index contributed by atoms with van der Waals surface area (Å²) in [5.41, 5.74) is 0.800. The predicted molar refractivity (Wildman–Crippen MR) is 73.3 cm³/mol. The van der Waals surface area contributed by atoms with Crippen LogP contribution in [0.25, 0.3) is 0 Å². The first-order valence-electron chi connectivity index (χ1n) is 6.62. The number of hydrogen-bond acceptors (Lipinski definition) is 3. The van der Waals surface area contributed by atoms with Crippen LogP contribution in [-0.4, -0.2) is 34.4 Å². The Bertz CT molecular complexity index is 455. The Balaban J connectivity index is 1.97. The largest absolute Gasteiger partial charge is 0.376 e. The normalized spacial score (nSPS) is 22.2. The Morgan fingerprint density at radius 1 is 1.63 bits per heavy atom. The average molecular weight is 286 g/mol. The summed E-state index contributed by atoms with van der Waals surface area (Å²) in [5, 5.41) is 7.70. The highest BCUT2D eigenvalue weighted by Crippen LogP contribution is 2.19. The van der Waals surface area contributed by atoms with E-state index in [1.165, 1.54) is 0 Å². The topological polar surface area (TPSA) is 56.2 Å². The Hall–Kier alpha value is -1.07. The summed E-state index contributed by atoms with van der Waals surface area (Å²) in [6, 6.07) is -0.361. The molecule has 0 aliphatic carbocycles. The maximum atomic E-state index is 12.2. The molecule has 1 fully saturated rings. The van der Waals surface area contributed by atoms with Gasteiger partial charge in [0.15, 0.2) is 0 Å². The van der Waals surface area contributed by atoms with E-state index in [1.54, 1.807) is 10.9 Å². The van der Waals surface area contributed by atoms with Crippen molar-refractivity contribution in [2.75, 3.05) is 6.61 Å². The number of hydrogen-bond donors (Lipinski definition) is 1. The molecule has 0 saturated carbocycles. The number of nitrogens with zero attached hydrogens (tertiary/aromatic N) is 2. The minimum Gasteiger partial charge on any atom is -0.376 e. The smallest absolute Gasteiger partial charge is 0.244 e. The van der Waals surface area contributed by atoms with Gasteiger partial charge in [0.1, 0.15) is 6.04 Å². The van der Waals surface area contributed by atoms with E-state index in [0.717, 1.165) is 25.1 Å². The van der Waals surface area contributed by atoms with Crippen LogP contribution >= 0.6 is 11.6 Å². The van der Waals surface area contributed by atoms with E-state index in [1.807, 2.05) is 20.8 Å². The fourth-order valence-electron chi connectivity index (χ4n) is 2.34. The van der Waals surface area contributed by atoms with Gasteiger partial charge in [-0.3, -0.25) is 9.48 Å². The van der Waals surface area contributed by atoms with Crippen LogP contribution in [0, 0.1) is 6.92 Å². The van der Waals surface area contributed by atoms with Gasteiger partial charge in [-0.15, -0.1) is 0 Å². The zero-order valence-corrected chi connectivity index (χ0v) is 12.3. The monoisotopic (exact) mass is 285 g/mol. The number of aromatic nitrogens is 2. The van der Waals surface area contributed by atoms with E-state index in [9.17, 15) is 4.79 Å². The van der Waals surface area contributed by atoms with Crippen LogP contribution in [-0.2, 0) is 9.53 Å². The molecule has 1 aromatic heterocycles. The molecular weight excluding hydrogens is 266 g/mol. The van der Waals surface area contributed by atoms with E-state index in [0.29, 0.717) is 5.02 Å². The summed E-state index contributed by atoms with van der Waals surface area (Å²) in [6.07, 6.45) is 3.75. The van der Waals surface area contributed by atoms with E-state index in [2.05, 4.69) is 10.4 Å². The van der Waals surface area contributed by atoms with Crippen molar-refractivity contribution in [2.24, 2.45) is 0 Å². The molecule has 0 radical (unpaired) electrons.